The molecule has 5 nitrogen and oxygen atoms in total. The van der Waals surface area contributed by atoms with Crippen molar-refractivity contribution >= 4 is 21.6 Å². The van der Waals surface area contributed by atoms with E-state index in [0.29, 0.717) is 5.56 Å². The quantitative estimate of drug-likeness (QED) is 0.809. The fourth-order valence-corrected chi connectivity index (χ4v) is 3.15. The molecule has 0 bridgehead atoms. The highest BCUT2D eigenvalue weighted by molar-refractivity contribution is 7.92. The van der Waals surface area contributed by atoms with Gasteiger partial charge >= 0.3 is 6.18 Å². The summed E-state index contributed by atoms with van der Waals surface area (Å²) in [5.74, 6) is -0.435. The Morgan fingerprint density at radius 2 is 1.59 bits per heavy atom. The molecule has 0 aliphatic heterocycles. The van der Waals surface area contributed by atoms with Crippen LogP contribution < -0.4 is 4.72 Å². The van der Waals surface area contributed by atoms with Crippen molar-refractivity contribution in [3.05, 3.63) is 65.2 Å². The zero-order valence-electron chi connectivity index (χ0n) is 14.7. The molecule has 0 spiro atoms. The second-order valence-corrected chi connectivity index (χ2v) is 7.86. The molecule has 27 heavy (non-hydrogen) atoms. The van der Waals surface area contributed by atoms with Crippen LogP contribution in [0.2, 0.25) is 0 Å². The highest BCUT2D eigenvalue weighted by atomic mass is 32.2. The van der Waals surface area contributed by atoms with Gasteiger partial charge in [0.25, 0.3) is 0 Å². The number of rotatable bonds is 6. The Hall–Kier alpha value is -2.55. The fraction of sp³-hybridized carbons (Fsp3) is 0.278. The van der Waals surface area contributed by atoms with Gasteiger partial charge in [-0.05, 0) is 23.3 Å². The number of likely N-dealkylation sites (N-methyl/N-ethyl adjacent to an activating group) is 1. The number of alkyl halides is 3. The Labute approximate surface area is 155 Å². The molecule has 2 aromatic carbocycles. The van der Waals surface area contributed by atoms with E-state index in [1.165, 1.54) is 36.2 Å². The molecule has 146 valence electrons. The SMILES string of the molecule is CN(Cc1ccccc1C(F)(F)F)C(=O)Cc1ccccc1NS(C)(=O)=O. The molecule has 2 rings (SSSR count). The normalized spacial score (nSPS) is 11.9. The minimum Gasteiger partial charge on any atom is -0.341 e. The Morgan fingerprint density at radius 3 is 2.19 bits per heavy atom. The van der Waals surface area contributed by atoms with Gasteiger partial charge in [-0.2, -0.15) is 13.2 Å². The van der Waals surface area contributed by atoms with Crippen molar-refractivity contribution in [1.82, 2.24) is 4.90 Å². The van der Waals surface area contributed by atoms with Crippen LogP contribution in [0.15, 0.2) is 48.5 Å². The lowest BCUT2D eigenvalue weighted by molar-refractivity contribution is -0.139. The molecule has 0 saturated heterocycles. The van der Waals surface area contributed by atoms with E-state index in [1.807, 2.05) is 0 Å². The Bertz CT molecular complexity index is 927. The lowest BCUT2D eigenvalue weighted by atomic mass is 10.1. The predicted octanol–water partition coefficient (Wildman–Crippen LogP) is 3.28. The average molecular weight is 400 g/mol. The van der Waals surface area contributed by atoms with Crippen molar-refractivity contribution in [2.24, 2.45) is 0 Å². The number of carbonyl (C=O) groups excluding carboxylic acids is 1. The molecule has 0 aliphatic rings. The van der Waals surface area contributed by atoms with Crippen LogP contribution in [0.1, 0.15) is 16.7 Å². The number of para-hydroxylation sites is 1. The molecule has 0 aliphatic carbocycles. The third kappa shape index (κ3) is 5.99. The molecule has 0 aromatic heterocycles. The van der Waals surface area contributed by atoms with Gasteiger partial charge in [-0.3, -0.25) is 9.52 Å². The molecule has 0 heterocycles. The molecule has 2 aromatic rings. The maximum absolute atomic E-state index is 13.1. The van der Waals surface area contributed by atoms with E-state index >= 15 is 0 Å². The van der Waals surface area contributed by atoms with Gasteiger partial charge in [-0.25, -0.2) is 8.42 Å². The van der Waals surface area contributed by atoms with Gasteiger partial charge in [0.05, 0.1) is 23.9 Å². The first-order valence-corrected chi connectivity index (χ1v) is 9.81. The molecule has 1 N–H and O–H groups in total. The van der Waals surface area contributed by atoms with Gasteiger partial charge in [0.15, 0.2) is 0 Å². The molecular formula is C18H19F3N2O3S. The zero-order chi connectivity index (χ0) is 20.2. The summed E-state index contributed by atoms with van der Waals surface area (Å²) in [6, 6.07) is 11.4. The van der Waals surface area contributed by atoms with Crippen molar-refractivity contribution in [1.29, 1.82) is 0 Å². The summed E-state index contributed by atoms with van der Waals surface area (Å²) in [5, 5.41) is 0. The zero-order valence-corrected chi connectivity index (χ0v) is 15.6. The van der Waals surface area contributed by atoms with Gasteiger partial charge in [0, 0.05) is 13.6 Å². The first-order chi connectivity index (χ1) is 12.5. The van der Waals surface area contributed by atoms with Crippen molar-refractivity contribution in [2.45, 2.75) is 19.1 Å². The average Bonchev–Trinajstić information content (AvgIpc) is 2.54. The van der Waals surface area contributed by atoms with E-state index in [9.17, 15) is 26.4 Å². The van der Waals surface area contributed by atoms with Crippen LogP contribution >= 0.6 is 0 Å². The maximum atomic E-state index is 13.1. The number of benzene rings is 2. The molecule has 0 atom stereocenters. The third-order valence-corrected chi connectivity index (χ3v) is 4.40. The topological polar surface area (TPSA) is 66.5 Å². The summed E-state index contributed by atoms with van der Waals surface area (Å²) >= 11 is 0. The molecule has 0 fully saturated rings. The highest BCUT2D eigenvalue weighted by Crippen LogP contribution is 2.32. The van der Waals surface area contributed by atoms with E-state index in [-0.39, 0.29) is 24.2 Å². The van der Waals surface area contributed by atoms with E-state index in [1.54, 1.807) is 18.2 Å². The minimum absolute atomic E-state index is 0.0107. The van der Waals surface area contributed by atoms with E-state index in [0.717, 1.165) is 12.3 Å². The van der Waals surface area contributed by atoms with Crippen LogP contribution in [0.25, 0.3) is 0 Å². The van der Waals surface area contributed by atoms with Crippen LogP contribution in [0.3, 0.4) is 0 Å². The van der Waals surface area contributed by atoms with Crippen LogP contribution in [-0.4, -0.2) is 32.5 Å². The number of anilines is 1. The Morgan fingerprint density at radius 1 is 1.04 bits per heavy atom. The van der Waals surface area contributed by atoms with Gasteiger partial charge in [-0.15, -0.1) is 0 Å². The monoisotopic (exact) mass is 400 g/mol. The summed E-state index contributed by atoms with van der Waals surface area (Å²) in [4.78, 5) is 13.6. The third-order valence-electron chi connectivity index (χ3n) is 3.81. The maximum Gasteiger partial charge on any atom is 0.416 e. The first kappa shape index (κ1) is 20.8. The van der Waals surface area contributed by atoms with Gasteiger partial charge in [-0.1, -0.05) is 36.4 Å². The van der Waals surface area contributed by atoms with Gasteiger partial charge in [0.2, 0.25) is 15.9 Å². The second kappa shape index (κ2) is 7.99. The Balaban J connectivity index is 2.17. The number of hydrogen-bond donors (Lipinski definition) is 1. The van der Waals surface area contributed by atoms with Crippen LogP contribution in [-0.2, 0) is 34.0 Å². The van der Waals surface area contributed by atoms with Crippen LogP contribution in [0.4, 0.5) is 18.9 Å². The molecule has 0 unspecified atom stereocenters. The van der Waals surface area contributed by atoms with E-state index in [2.05, 4.69) is 4.72 Å². The van der Waals surface area contributed by atoms with Crippen molar-refractivity contribution in [2.75, 3.05) is 18.0 Å². The number of sulfonamides is 1. The van der Waals surface area contributed by atoms with Gasteiger partial charge < -0.3 is 4.90 Å². The number of nitrogens with one attached hydrogen (secondary N) is 1. The summed E-state index contributed by atoms with van der Waals surface area (Å²) in [6.45, 7) is -0.212. The molecular weight excluding hydrogens is 381 g/mol. The summed E-state index contributed by atoms with van der Waals surface area (Å²) < 4.78 is 64.5. The number of carbonyl (C=O) groups is 1. The van der Waals surface area contributed by atoms with E-state index < -0.39 is 27.7 Å². The largest absolute Gasteiger partial charge is 0.416 e. The molecule has 1 amide bonds. The number of amides is 1. The van der Waals surface area contributed by atoms with Crippen LogP contribution in [0.5, 0.6) is 0 Å². The molecule has 9 heteroatoms. The molecule has 0 radical (unpaired) electrons. The fourth-order valence-electron chi connectivity index (χ4n) is 2.55. The smallest absolute Gasteiger partial charge is 0.341 e. The Kier molecular flexibility index (Phi) is 6.15. The number of halogens is 3. The van der Waals surface area contributed by atoms with Crippen molar-refractivity contribution in [3.63, 3.8) is 0 Å². The minimum atomic E-state index is -4.51. The standard InChI is InChI=1S/C18H19F3N2O3S/c1-23(12-14-8-3-5-9-15(14)18(19,20)21)17(24)11-13-7-4-6-10-16(13)22-27(2,25)26/h3-10,22H,11-12H2,1-2H3. The van der Waals surface area contributed by atoms with Gasteiger partial charge in [0.1, 0.15) is 0 Å². The van der Waals surface area contributed by atoms with E-state index in [4.69, 9.17) is 0 Å². The highest BCUT2D eigenvalue weighted by Gasteiger charge is 2.33. The predicted molar refractivity (Wildman–Crippen MR) is 96.5 cm³/mol. The second-order valence-electron chi connectivity index (χ2n) is 6.11. The number of nitrogens with zero attached hydrogens (tertiary/aromatic N) is 1. The summed E-state index contributed by atoms with van der Waals surface area (Å²) in [5.41, 5.74) is -0.103. The van der Waals surface area contributed by atoms with Crippen LogP contribution in [0, 0.1) is 0 Å². The first-order valence-electron chi connectivity index (χ1n) is 7.92. The van der Waals surface area contributed by atoms with Crippen molar-refractivity contribution in [3.8, 4) is 0 Å². The molecule has 0 saturated carbocycles. The summed E-state index contributed by atoms with van der Waals surface area (Å²) in [6.07, 6.45) is -3.67. The number of hydrogen-bond acceptors (Lipinski definition) is 3. The van der Waals surface area contributed by atoms with Crippen molar-refractivity contribution < 1.29 is 26.4 Å². The lowest BCUT2D eigenvalue weighted by Gasteiger charge is -2.21. The lowest BCUT2D eigenvalue weighted by Crippen LogP contribution is -2.29. The summed E-state index contributed by atoms with van der Waals surface area (Å²) in [7, 11) is -2.12.